The molecule has 1 aliphatic rings. The topological polar surface area (TPSA) is 73.6 Å². The predicted molar refractivity (Wildman–Crippen MR) is 107 cm³/mol. The minimum Gasteiger partial charge on any atom is -0.486 e. The smallest absolute Gasteiger partial charge is 0.226 e. The Bertz CT molecular complexity index is 1010. The molecule has 146 valence electrons. The molecule has 2 aromatic heterocycles. The number of nitrogens with zero attached hydrogens (tertiary/aromatic N) is 1. The average molecular weight is 398 g/mol. The van der Waals surface area contributed by atoms with Crippen molar-refractivity contribution in [2.45, 2.75) is 32.7 Å². The highest BCUT2D eigenvalue weighted by atomic mass is 32.1. The summed E-state index contributed by atoms with van der Waals surface area (Å²) in [5.41, 5.74) is 1.13. The van der Waals surface area contributed by atoms with Crippen LogP contribution < -0.4 is 14.8 Å². The van der Waals surface area contributed by atoms with E-state index in [1.54, 1.807) is 0 Å². The van der Waals surface area contributed by atoms with Gasteiger partial charge in [0.1, 0.15) is 19.0 Å². The first kappa shape index (κ1) is 18.6. The Morgan fingerprint density at radius 1 is 1.18 bits per heavy atom. The standard InChI is InChI=1S/C21H22N2O4S/c1-13-4-6-17(27-13)20-22-15(12-28-20)11-19(24)23-21(2,3)14-5-7-16-18(10-14)26-9-8-25-16/h4-7,10,12H,8-9,11H2,1-3H3,(H,23,24). The first-order chi connectivity index (χ1) is 13.4. The maximum absolute atomic E-state index is 12.6. The molecule has 0 unspecified atom stereocenters. The maximum atomic E-state index is 12.6. The Balaban J connectivity index is 1.43. The summed E-state index contributed by atoms with van der Waals surface area (Å²) in [5.74, 6) is 2.92. The first-order valence-electron chi connectivity index (χ1n) is 9.13. The Morgan fingerprint density at radius 2 is 1.96 bits per heavy atom. The number of nitrogens with one attached hydrogen (secondary N) is 1. The van der Waals surface area contributed by atoms with Crippen molar-refractivity contribution in [1.82, 2.24) is 10.3 Å². The molecule has 28 heavy (non-hydrogen) atoms. The van der Waals surface area contributed by atoms with Gasteiger partial charge in [0.25, 0.3) is 0 Å². The molecule has 1 amide bonds. The molecule has 6 nitrogen and oxygen atoms in total. The Labute approximate surface area is 167 Å². The molecule has 7 heteroatoms. The molecule has 1 aromatic carbocycles. The second kappa shape index (κ2) is 7.31. The van der Waals surface area contributed by atoms with E-state index in [4.69, 9.17) is 13.9 Å². The van der Waals surface area contributed by atoms with Gasteiger partial charge in [0.2, 0.25) is 5.91 Å². The zero-order valence-corrected chi connectivity index (χ0v) is 16.9. The number of hydrogen-bond acceptors (Lipinski definition) is 6. The molecule has 0 atom stereocenters. The Hall–Kier alpha value is -2.80. The molecule has 0 saturated carbocycles. The third-order valence-electron chi connectivity index (χ3n) is 4.56. The van der Waals surface area contributed by atoms with Crippen molar-refractivity contribution in [3.63, 3.8) is 0 Å². The van der Waals surface area contributed by atoms with Crippen LogP contribution in [0.15, 0.2) is 40.1 Å². The molecule has 3 aromatic rings. The van der Waals surface area contributed by atoms with Gasteiger partial charge in [-0.2, -0.15) is 0 Å². The van der Waals surface area contributed by atoms with E-state index >= 15 is 0 Å². The van der Waals surface area contributed by atoms with E-state index in [9.17, 15) is 4.79 Å². The largest absolute Gasteiger partial charge is 0.486 e. The minimum absolute atomic E-state index is 0.0904. The fraction of sp³-hybridized carbons (Fsp3) is 0.333. The van der Waals surface area contributed by atoms with Crippen molar-refractivity contribution in [1.29, 1.82) is 0 Å². The van der Waals surface area contributed by atoms with Crippen molar-refractivity contribution >= 4 is 17.2 Å². The fourth-order valence-corrected chi connectivity index (χ4v) is 3.89. The fourth-order valence-electron chi connectivity index (χ4n) is 3.11. The number of carbonyl (C=O) groups excluding carboxylic acids is 1. The molecule has 3 heterocycles. The Kier molecular flexibility index (Phi) is 4.85. The van der Waals surface area contributed by atoms with Gasteiger partial charge in [-0.25, -0.2) is 4.98 Å². The van der Waals surface area contributed by atoms with E-state index in [0.29, 0.717) is 19.0 Å². The zero-order chi connectivity index (χ0) is 19.7. The van der Waals surface area contributed by atoms with E-state index < -0.39 is 5.54 Å². The molecule has 0 spiro atoms. The van der Waals surface area contributed by atoms with Crippen molar-refractivity contribution in [3.05, 3.63) is 52.7 Å². The number of fused-ring (bicyclic) bond motifs is 1. The van der Waals surface area contributed by atoms with Crippen LogP contribution >= 0.6 is 11.3 Å². The van der Waals surface area contributed by atoms with Crippen LogP contribution in [0, 0.1) is 6.92 Å². The summed E-state index contributed by atoms with van der Waals surface area (Å²) in [4.78, 5) is 17.1. The lowest BCUT2D eigenvalue weighted by molar-refractivity contribution is -0.122. The van der Waals surface area contributed by atoms with Crippen molar-refractivity contribution in [3.8, 4) is 22.3 Å². The molecule has 1 aliphatic heterocycles. The number of aromatic nitrogens is 1. The lowest BCUT2D eigenvalue weighted by atomic mass is 9.93. The van der Waals surface area contributed by atoms with Gasteiger partial charge in [-0.05, 0) is 50.6 Å². The van der Waals surface area contributed by atoms with Crippen molar-refractivity contribution in [2.24, 2.45) is 0 Å². The Morgan fingerprint density at radius 3 is 2.71 bits per heavy atom. The summed E-state index contributed by atoms with van der Waals surface area (Å²) < 4.78 is 16.8. The molecule has 0 aliphatic carbocycles. The second-order valence-corrected chi connectivity index (χ2v) is 8.12. The molecular weight excluding hydrogens is 376 g/mol. The van der Waals surface area contributed by atoms with Crippen LogP contribution in [0.25, 0.3) is 10.8 Å². The number of furan rings is 1. The van der Waals surface area contributed by atoms with Gasteiger partial charge >= 0.3 is 0 Å². The van der Waals surface area contributed by atoms with Crippen LogP contribution in [0.1, 0.15) is 30.9 Å². The van der Waals surface area contributed by atoms with E-state index in [2.05, 4.69) is 10.3 Å². The summed E-state index contributed by atoms with van der Waals surface area (Å²) in [7, 11) is 0. The summed E-state index contributed by atoms with van der Waals surface area (Å²) in [6.07, 6.45) is 0.212. The number of amides is 1. The van der Waals surface area contributed by atoms with Gasteiger partial charge in [0, 0.05) is 5.38 Å². The van der Waals surface area contributed by atoms with E-state index in [1.165, 1.54) is 11.3 Å². The lowest BCUT2D eigenvalue weighted by Crippen LogP contribution is -2.41. The van der Waals surface area contributed by atoms with Crippen LogP contribution in [0.2, 0.25) is 0 Å². The van der Waals surface area contributed by atoms with Gasteiger partial charge in [-0.1, -0.05) is 6.07 Å². The van der Waals surface area contributed by atoms with Crippen LogP contribution in [0.4, 0.5) is 0 Å². The number of thiazole rings is 1. The SMILES string of the molecule is Cc1ccc(-c2nc(CC(=O)NC(C)(C)c3ccc4c(c3)OCCO4)cs2)o1. The van der Waals surface area contributed by atoms with E-state index in [1.807, 2.05) is 56.5 Å². The molecule has 0 radical (unpaired) electrons. The predicted octanol–water partition coefficient (Wildman–Crippen LogP) is 4.08. The molecule has 0 bridgehead atoms. The van der Waals surface area contributed by atoms with E-state index in [-0.39, 0.29) is 12.3 Å². The highest BCUT2D eigenvalue weighted by Gasteiger charge is 2.25. The molecular formula is C21H22N2O4S. The summed E-state index contributed by atoms with van der Waals surface area (Å²) in [6, 6.07) is 9.56. The highest BCUT2D eigenvalue weighted by Crippen LogP contribution is 2.34. The van der Waals surface area contributed by atoms with Gasteiger partial charge in [0.15, 0.2) is 22.3 Å². The number of benzene rings is 1. The van der Waals surface area contributed by atoms with Gasteiger partial charge in [0.05, 0.1) is 17.7 Å². The average Bonchev–Trinajstić information content (AvgIpc) is 3.29. The summed E-state index contributed by atoms with van der Waals surface area (Å²) in [5, 5.41) is 5.76. The van der Waals surface area contributed by atoms with Gasteiger partial charge in [-0.3, -0.25) is 4.79 Å². The lowest BCUT2D eigenvalue weighted by Gasteiger charge is -2.28. The zero-order valence-electron chi connectivity index (χ0n) is 16.1. The third kappa shape index (κ3) is 3.89. The number of ether oxygens (including phenoxy) is 2. The number of carbonyl (C=O) groups is 1. The van der Waals surface area contributed by atoms with Crippen LogP contribution in [0.3, 0.4) is 0 Å². The van der Waals surface area contributed by atoms with Gasteiger partial charge in [-0.15, -0.1) is 11.3 Å². The molecule has 0 fully saturated rings. The van der Waals surface area contributed by atoms with Crippen molar-refractivity contribution in [2.75, 3.05) is 13.2 Å². The van der Waals surface area contributed by atoms with E-state index in [0.717, 1.165) is 33.5 Å². The maximum Gasteiger partial charge on any atom is 0.226 e. The normalized spacial score (nSPS) is 13.4. The summed E-state index contributed by atoms with van der Waals surface area (Å²) >= 11 is 1.47. The van der Waals surface area contributed by atoms with Crippen LogP contribution in [-0.4, -0.2) is 24.1 Å². The number of rotatable bonds is 5. The summed E-state index contributed by atoms with van der Waals surface area (Å²) in [6.45, 7) is 6.92. The second-order valence-electron chi connectivity index (χ2n) is 7.26. The highest BCUT2D eigenvalue weighted by molar-refractivity contribution is 7.13. The number of hydrogen-bond donors (Lipinski definition) is 1. The molecule has 4 rings (SSSR count). The minimum atomic E-state index is -0.552. The molecule has 0 saturated heterocycles. The first-order valence-corrected chi connectivity index (χ1v) is 10.0. The molecule has 1 N–H and O–H groups in total. The monoisotopic (exact) mass is 398 g/mol. The van der Waals surface area contributed by atoms with Crippen LogP contribution in [-0.2, 0) is 16.8 Å². The van der Waals surface area contributed by atoms with Gasteiger partial charge < -0.3 is 19.2 Å². The quantitative estimate of drug-likeness (QED) is 0.701. The third-order valence-corrected chi connectivity index (χ3v) is 5.47. The van der Waals surface area contributed by atoms with Crippen LogP contribution in [0.5, 0.6) is 11.5 Å². The van der Waals surface area contributed by atoms with Crippen molar-refractivity contribution < 1.29 is 18.7 Å². The number of aryl methyl sites for hydroxylation is 1.